The number of anilines is 1. The van der Waals surface area contributed by atoms with E-state index in [0.29, 0.717) is 26.8 Å². The molecule has 1 amide bonds. The number of carboxylic acid groups (broad SMARTS) is 1. The van der Waals surface area contributed by atoms with E-state index < -0.39 is 16.1 Å². The third-order valence-corrected chi connectivity index (χ3v) is 5.38. The van der Waals surface area contributed by atoms with Crippen molar-refractivity contribution in [2.75, 3.05) is 12.4 Å². The Hall–Kier alpha value is -2.24. The van der Waals surface area contributed by atoms with Crippen molar-refractivity contribution in [3.8, 4) is 5.75 Å². The predicted molar refractivity (Wildman–Crippen MR) is 107 cm³/mol. The second kappa shape index (κ2) is 8.84. The number of hydrogen-bond donors (Lipinski definition) is 4. The van der Waals surface area contributed by atoms with Crippen LogP contribution in [0, 0.1) is 0 Å². The Kier molecular flexibility index (Phi) is 6.96. The number of rotatable bonds is 3. The van der Waals surface area contributed by atoms with Gasteiger partial charge in [0.05, 0.1) is 28.2 Å². The number of ether oxygens (including phenoxy) is 1. The number of H-pyrrole nitrogens is 1. The Labute approximate surface area is 174 Å². The summed E-state index contributed by atoms with van der Waals surface area (Å²) in [5.74, 6) is 0.564. The summed E-state index contributed by atoms with van der Waals surface area (Å²) < 4.78 is 27.4. The zero-order valence-electron chi connectivity index (χ0n) is 14.0. The van der Waals surface area contributed by atoms with Gasteiger partial charge in [-0.3, -0.25) is 5.32 Å². The number of nitrogens with zero attached hydrogens (tertiary/aromatic N) is 1. The lowest BCUT2D eigenvalue weighted by Gasteiger charge is -2.01. The minimum atomic E-state index is -3.96. The number of benzene rings is 2. The van der Waals surface area contributed by atoms with Gasteiger partial charge < -0.3 is 14.8 Å². The molecular weight excluding hydrogens is 455 g/mol. The van der Waals surface area contributed by atoms with Crippen molar-refractivity contribution >= 4 is 67.9 Å². The SMILES string of the molecule is COc1cccc(Cl)c1Cl.NS(=O)(=O)c1cc2[nH]c(NC(=O)O)nc2cc1Cl. The molecule has 0 bridgehead atoms. The number of halogens is 3. The summed E-state index contributed by atoms with van der Waals surface area (Å²) in [7, 11) is -2.40. The van der Waals surface area contributed by atoms with Crippen LogP contribution >= 0.6 is 34.8 Å². The van der Waals surface area contributed by atoms with Crippen molar-refractivity contribution in [1.29, 1.82) is 0 Å². The Morgan fingerprint density at radius 2 is 1.93 bits per heavy atom. The van der Waals surface area contributed by atoms with Crippen LogP contribution < -0.4 is 15.2 Å². The first kappa shape index (κ1) is 22.1. The van der Waals surface area contributed by atoms with Crippen molar-refractivity contribution in [2.24, 2.45) is 5.14 Å². The van der Waals surface area contributed by atoms with Crippen LogP contribution in [0.2, 0.25) is 15.1 Å². The Balaban J connectivity index is 0.000000237. The van der Waals surface area contributed by atoms with Gasteiger partial charge in [0.25, 0.3) is 0 Å². The fourth-order valence-electron chi connectivity index (χ4n) is 2.03. The molecule has 1 heterocycles. The summed E-state index contributed by atoms with van der Waals surface area (Å²) in [5, 5.41) is 16.4. The zero-order chi connectivity index (χ0) is 21.1. The number of aromatic nitrogens is 2. The number of fused-ring (bicyclic) bond motifs is 1. The number of nitrogens with two attached hydrogens (primary N) is 1. The van der Waals surface area contributed by atoms with Crippen LogP contribution in [0.25, 0.3) is 11.0 Å². The molecule has 0 aliphatic carbocycles. The van der Waals surface area contributed by atoms with Crippen molar-refractivity contribution in [3.63, 3.8) is 0 Å². The number of methoxy groups -OCH3 is 1. The number of aromatic amines is 1. The lowest BCUT2D eigenvalue weighted by Crippen LogP contribution is -2.12. The van der Waals surface area contributed by atoms with E-state index >= 15 is 0 Å². The van der Waals surface area contributed by atoms with E-state index in [1.807, 2.05) is 5.32 Å². The first-order valence-electron chi connectivity index (χ1n) is 7.23. The third-order valence-electron chi connectivity index (χ3n) is 3.20. The molecule has 0 radical (unpaired) electrons. The van der Waals surface area contributed by atoms with Gasteiger partial charge in [0.2, 0.25) is 16.0 Å². The van der Waals surface area contributed by atoms with Gasteiger partial charge in [-0.15, -0.1) is 0 Å². The van der Waals surface area contributed by atoms with E-state index in [1.165, 1.54) is 12.1 Å². The van der Waals surface area contributed by atoms with Crippen LogP contribution in [0.4, 0.5) is 10.7 Å². The van der Waals surface area contributed by atoms with Crippen LogP contribution in [-0.2, 0) is 10.0 Å². The van der Waals surface area contributed by atoms with E-state index in [4.69, 9.17) is 49.8 Å². The van der Waals surface area contributed by atoms with Crippen molar-refractivity contribution < 1.29 is 23.1 Å². The van der Waals surface area contributed by atoms with Gasteiger partial charge >= 0.3 is 6.09 Å². The Morgan fingerprint density at radius 1 is 1.25 bits per heavy atom. The van der Waals surface area contributed by atoms with E-state index in [1.54, 1.807) is 25.3 Å². The van der Waals surface area contributed by atoms with Crippen molar-refractivity contribution in [1.82, 2.24) is 9.97 Å². The molecule has 1 aromatic heterocycles. The van der Waals surface area contributed by atoms with Crippen LogP contribution in [0.1, 0.15) is 0 Å². The molecule has 3 aromatic rings. The molecular formula is C15H13Cl3N4O5S. The first-order valence-corrected chi connectivity index (χ1v) is 9.91. The molecule has 28 heavy (non-hydrogen) atoms. The number of sulfonamides is 1. The summed E-state index contributed by atoms with van der Waals surface area (Å²) >= 11 is 17.2. The molecule has 150 valence electrons. The summed E-state index contributed by atoms with van der Waals surface area (Å²) in [4.78, 5) is 16.6. The second-order valence-corrected chi connectivity index (χ2v) is 7.84. The summed E-state index contributed by atoms with van der Waals surface area (Å²) in [5.41, 5.74) is 0.614. The summed E-state index contributed by atoms with van der Waals surface area (Å²) in [6.07, 6.45) is -1.30. The fraction of sp³-hybridized carbons (Fsp3) is 0.0667. The normalized spacial score (nSPS) is 10.9. The van der Waals surface area contributed by atoms with Gasteiger partial charge in [-0.1, -0.05) is 40.9 Å². The van der Waals surface area contributed by atoms with E-state index in [2.05, 4.69) is 9.97 Å². The molecule has 0 saturated heterocycles. The van der Waals surface area contributed by atoms with Gasteiger partial charge in [0, 0.05) is 0 Å². The van der Waals surface area contributed by atoms with Gasteiger partial charge in [-0.25, -0.2) is 23.3 Å². The molecule has 0 aliphatic rings. The minimum Gasteiger partial charge on any atom is -0.495 e. The maximum atomic E-state index is 11.2. The molecule has 0 spiro atoms. The maximum absolute atomic E-state index is 11.2. The molecule has 0 atom stereocenters. The maximum Gasteiger partial charge on any atom is 0.411 e. The largest absolute Gasteiger partial charge is 0.495 e. The quantitative estimate of drug-likeness (QED) is 0.458. The summed E-state index contributed by atoms with van der Waals surface area (Å²) in [6, 6.07) is 7.72. The molecule has 5 N–H and O–H groups in total. The van der Waals surface area contributed by atoms with E-state index in [-0.39, 0.29) is 15.9 Å². The zero-order valence-corrected chi connectivity index (χ0v) is 17.1. The highest BCUT2D eigenvalue weighted by molar-refractivity contribution is 7.89. The minimum absolute atomic E-state index is 0.0415. The van der Waals surface area contributed by atoms with E-state index in [9.17, 15) is 13.2 Å². The predicted octanol–water partition coefficient (Wildman–Crippen LogP) is 3.96. The highest BCUT2D eigenvalue weighted by Gasteiger charge is 2.16. The van der Waals surface area contributed by atoms with Crippen LogP contribution in [-0.4, -0.2) is 36.7 Å². The smallest absolute Gasteiger partial charge is 0.411 e. The topological polar surface area (TPSA) is 147 Å². The molecule has 3 rings (SSSR count). The van der Waals surface area contributed by atoms with Gasteiger partial charge in [0.1, 0.15) is 15.7 Å². The van der Waals surface area contributed by atoms with E-state index in [0.717, 1.165) is 0 Å². The third kappa shape index (κ3) is 5.40. The van der Waals surface area contributed by atoms with Gasteiger partial charge in [-0.05, 0) is 24.3 Å². The molecule has 0 aliphatic heterocycles. The lowest BCUT2D eigenvalue weighted by molar-refractivity contribution is 0.209. The first-order chi connectivity index (χ1) is 13.0. The standard InChI is InChI=1S/C8H7ClN4O4S.C7H6Cl2O/c9-3-1-4-5(2-6(3)18(10,16)17)12-7(11-4)13-8(14)15;1-10-6-4-2-3-5(8)7(6)9/h1-2H,(H,14,15)(H2,10,16,17)(H2,11,12,13);2-4H,1H3. The Morgan fingerprint density at radius 3 is 2.46 bits per heavy atom. The average molecular weight is 468 g/mol. The molecule has 2 aromatic carbocycles. The number of primary sulfonamides is 1. The molecule has 0 saturated carbocycles. The lowest BCUT2D eigenvalue weighted by atomic mass is 10.3. The van der Waals surface area contributed by atoms with Crippen LogP contribution in [0.5, 0.6) is 5.75 Å². The molecule has 0 unspecified atom stereocenters. The molecule has 9 nitrogen and oxygen atoms in total. The van der Waals surface area contributed by atoms with Crippen molar-refractivity contribution in [3.05, 3.63) is 45.4 Å². The fourth-order valence-corrected chi connectivity index (χ4v) is 3.49. The number of hydrogen-bond acceptors (Lipinski definition) is 5. The number of carbonyl (C=O) groups is 1. The number of amides is 1. The number of nitrogens with one attached hydrogen (secondary N) is 2. The van der Waals surface area contributed by atoms with Gasteiger partial charge in [0.15, 0.2) is 0 Å². The van der Waals surface area contributed by atoms with Crippen LogP contribution in [0.15, 0.2) is 35.2 Å². The van der Waals surface area contributed by atoms with Crippen molar-refractivity contribution in [2.45, 2.75) is 4.90 Å². The number of imidazole rings is 1. The second-order valence-electron chi connectivity index (χ2n) is 5.12. The molecule has 13 heteroatoms. The highest BCUT2D eigenvalue weighted by Crippen LogP contribution is 2.30. The summed E-state index contributed by atoms with van der Waals surface area (Å²) in [6.45, 7) is 0. The molecule has 0 fully saturated rings. The van der Waals surface area contributed by atoms with Crippen LogP contribution in [0.3, 0.4) is 0 Å². The van der Waals surface area contributed by atoms with Gasteiger partial charge in [-0.2, -0.15) is 0 Å². The average Bonchev–Trinajstić information content (AvgIpc) is 2.96. The Bertz CT molecular complexity index is 1130. The monoisotopic (exact) mass is 466 g/mol. The highest BCUT2D eigenvalue weighted by atomic mass is 35.5.